The smallest absolute Gasteiger partial charge is 0.260 e. The number of carbonyl (C=O) groups excluding carboxylic acids is 1. The van der Waals surface area contributed by atoms with E-state index >= 15 is 0 Å². The van der Waals surface area contributed by atoms with Crippen LogP contribution in [0, 0.1) is 13.8 Å². The van der Waals surface area contributed by atoms with Gasteiger partial charge in [-0.15, -0.1) is 0 Å². The summed E-state index contributed by atoms with van der Waals surface area (Å²) in [5.74, 6) is 0.501. The fourth-order valence-corrected chi connectivity index (χ4v) is 3.23. The Morgan fingerprint density at radius 2 is 2.00 bits per heavy atom. The molecule has 138 valence electrons. The van der Waals surface area contributed by atoms with Crippen molar-refractivity contribution >= 4 is 17.5 Å². The average Bonchev–Trinajstić information content (AvgIpc) is 2.64. The van der Waals surface area contributed by atoms with Gasteiger partial charge in [0.05, 0.1) is 18.6 Å². The molecule has 0 unspecified atom stereocenters. The molecule has 0 aliphatic carbocycles. The van der Waals surface area contributed by atoms with E-state index < -0.39 is 0 Å². The van der Waals surface area contributed by atoms with E-state index in [1.165, 1.54) is 0 Å². The molecule has 1 amide bonds. The highest BCUT2D eigenvalue weighted by Crippen LogP contribution is 2.26. The van der Waals surface area contributed by atoms with Gasteiger partial charge in [-0.1, -0.05) is 11.6 Å². The fourth-order valence-electron chi connectivity index (χ4n) is 3.12. The van der Waals surface area contributed by atoms with Gasteiger partial charge in [-0.05, 0) is 50.5 Å². The molecule has 6 nitrogen and oxygen atoms in total. The van der Waals surface area contributed by atoms with Gasteiger partial charge in [-0.25, -0.2) is 4.98 Å². The third-order valence-corrected chi connectivity index (χ3v) is 5.25. The van der Waals surface area contributed by atoms with E-state index in [-0.39, 0.29) is 18.1 Å². The van der Waals surface area contributed by atoms with Gasteiger partial charge in [0.2, 0.25) is 0 Å². The molecule has 2 heterocycles. The van der Waals surface area contributed by atoms with Crippen LogP contribution in [0.1, 0.15) is 29.3 Å². The molecule has 0 N–H and O–H groups in total. The Hall–Kier alpha value is -2.34. The Morgan fingerprint density at radius 3 is 2.65 bits per heavy atom. The number of nitrogens with zero attached hydrogens (tertiary/aromatic N) is 3. The molecule has 0 fully saturated rings. The van der Waals surface area contributed by atoms with Crippen molar-refractivity contribution in [3.8, 4) is 5.75 Å². The molecule has 0 bridgehead atoms. The molecule has 0 radical (unpaired) electrons. The number of aryl methyl sites for hydroxylation is 3. The van der Waals surface area contributed by atoms with Gasteiger partial charge >= 0.3 is 0 Å². The van der Waals surface area contributed by atoms with E-state index in [9.17, 15) is 9.59 Å². The summed E-state index contributed by atoms with van der Waals surface area (Å²) in [5, 5.41) is 0.708. The predicted molar refractivity (Wildman–Crippen MR) is 99.7 cm³/mol. The lowest BCUT2D eigenvalue weighted by atomic mass is 10.1. The lowest BCUT2D eigenvalue weighted by Gasteiger charge is -2.28. The Morgan fingerprint density at radius 1 is 1.31 bits per heavy atom. The SMILES string of the molecule is CCn1cnc2c(c1=O)CCN(C(=O)COc1cc(C)c(Cl)c(C)c1)C2. The first-order chi connectivity index (χ1) is 12.4. The number of carbonyl (C=O) groups is 1. The number of hydrogen-bond acceptors (Lipinski definition) is 4. The van der Waals surface area contributed by atoms with Crippen LogP contribution in [-0.4, -0.2) is 33.5 Å². The zero-order valence-electron chi connectivity index (χ0n) is 15.2. The normalized spacial score (nSPS) is 13.5. The van der Waals surface area contributed by atoms with Crippen molar-refractivity contribution in [3.05, 3.63) is 56.2 Å². The first-order valence-electron chi connectivity index (χ1n) is 8.65. The van der Waals surface area contributed by atoms with E-state index in [0.717, 1.165) is 11.1 Å². The molecular weight excluding hydrogens is 354 g/mol. The molecule has 1 aromatic carbocycles. The molecule has 2 aromatic rings. The van der Waals surface area contributed by atoms with Crippen molar-refractivity contribution in [2.24, 2.45) is 0 Å². The van der Waals surface area contributed by atoms with Crippen molar-refractivity contribution in [2.75, 3.05) is 13.2 Å². The molecule has 26 heavy (non-hydrogen) atoms. The number of amides is 1. The Bertz CT molecular complexity index is 884. The summed E-state index contributed by atoms with van der Waals surface area (Å²) in [4.78, 5) is 30.8. The third kappa shape index (κ3) is 3.60. The van der Waals surface area contributed by atoms with Crippen LogP contribution in [-0.2, 0) is 24.3 Å². The molecule has 7 heteroatoms. The van der Waals surface area contributed by atoms with Crippen molar-refractivity contribution in [1.29, 1.82) is 0 Å². The second-order valence-electron chi connectivity index (χ2n) is 6.49. The second kappa shape index (κ2) is 7.50. The van der Waals surface area contributed by atoms with Gasteiger partial charge in [0, 0.05) is 23.7 Å². The van der Waals surface area contributed by atoms with Crippen LogP contribution in [0.4, 0.5) is 0 Å². The molecule has 1 aliphatic heterocycles. The van der Waals surface area contributed by atoms with Crippen LogP contribution in [0.25, 0.3) is 0 Å². The summed E-state index contributed by atoms with van der Waals surface area (Å²) >= 11 is 6.15. The lowest BCUT2D eigenvalue weighted by Crippen LogP contribution is -2.42. The van der Waals surface area contributed by atoms with Crippen LogP contribution in [0.5, 0.6) is 5.75 Å². The largest absolute Gasteiger partial charge is 0.484 e. The zero-order chi connectivity index (χ0) is 18.8. The van der Waals surface area contributed by atoms with E-state index in [4.69, 9.17) is 16.3 Å². The van der Waals surface area contributed by atoms with Crippen LogP contribution < -0.4 is 10.3 Å². The van der Waals surface area contributed by atoms with Gasteiger partial charge in [0.1, 0.15) is 5.75 Å². The number of halogens is 1. The monoisotopic (exact) mass is 375 g/mol. The quantitative estimate of drug-likeness (QED) is 0.823. The van der Waals surface area contributed by atoms with Gasteiger partial charge < -0.3 is 9.64 Å². The zero-order valence-corrected chi connectivity index (χ0v) is 16.0. The summed E-state index contributed by atoms with van der Waals surface area (Å²) in [7, 11) is 0. The van der Waals surface area contributed by atoms with Gasteiger partial charge in [0.25, 0.3) is 11.5 Å². The third-order valence-electron chi connectivity index (χ3n) is 4.66. The molecule has 1 aromatic heterocycles. The maximum atomic E-state index is 12.5. The Balaban J connectivity index is 1.67. The standard InChI is InChI=1S/C19H22ClN3O3/c1-4-22-11-21-16-9-23(6-5-15(16)19(22)25)17(24)10-26-14-7-12(2)18(20)13(3)8-14/h7-8,11H,4-6,9-10H2,1-3H3. The first-order valence-corrected chi connectivity index (χ1v) is 9.03. The van der Waals surface area contributed by atoms with Crippen molar-refractivity contribution in [2.45, 2.75) is 40.3 Å². The summed E-state index contributed by atoms with van der Waals surface area (Å²) in [5.41, 5.74) is 3.21. The minimum Gasteiger partial charge on any atom is -0.484 e. The highest BCUT2D eigenvalue weighted by atomic mass is 35.5. The van der Waals surface area contributed by atoms with Crippen LogP contribution in [0.2, 0.25) is 5.02 Å². The molecule has 0 spiro atoms. The minimum atomic E-state index is -0.123. The van der Waals surface area contributed by atoms with Gasteiger partial charge in [-0.3, -0.25) is 14.2 Å². The van der Waals surface area contributed by atoms with Crippen LogP contribution in [0.15, 0.2) is 23.3 Å². The number of hydrogen-bond donors (Lipinski definition) is 0. The molecule has 0 saturated heterocycles. The Kier molecular flexibility index (Phi) is 5.32. The number of fused-ring (bicyclic) bond motifs is 1. The maximum Gasteiger partial charge on any atom is 0.260 e. The molecule has 3 rings (SSSR count). The summed E-state index contributed by atoms with van der Waals surface area (Å²) < 4.78 is 7.24. The highest BCUT2D eigenvalue weighted by Gasteiger charge is 2.24. The Labute approximate surface area is 157 Å². The van der Waals surface area contributed by atoms with E-state index in [0.29, 0.717) is 48.1 Å². The molecule has 1 aliphatic rings. The number of benzene rings is 1. The van der Waals surface area contributed by atoms with E-state index in [1.54, 1.807) is 15.8 Å². The van der Waals surface area contributed by atoms with Crippen molar-refractivity contribution in [1.82, 2.24) is 14.5 Å². The van der Waals surface area contributed by atoms with Crippen molar-refractivity contribution in [3.63, 3.8) is 0 Å². The highest BCUT2D eigenvalue weighted by molar-refractivity contribution is 6.32. The molecule has 0 atom stereocenters. The van der Waals surface area contributed by atoms with E-state index in [2.05, 4.69) is 4.98 Å². The van der Waals surface area contributed by atoms with Crippen LogP contribution >= 0.6 is 11.6 Å². The fraction of sp³-hybridized carbons (Fsp3) is 0.421. The molecular formula is C19H22ClN3O3. The van der Waals surface area contributed by atoms with Gasteiger partial charge in [0.15, 0.2) is 6.61 Å². The van der Waals surface area contributed by atoms with Crippen LogP contribution in [0.3, 0.4) is 0 Å². The topological polar surface area (TPSA) is 64.4 Å². The summed E-state index contributed by atoms with van der Waals surface area (Å²) in [6, 6.07) is 3.64. The van der Waals surface area contributed by atoms with Gasteiger partial charge in [-0.2, -0.15) is 0 Å². The predicted octanol–water partition coefficient (Wildman–Crippen LogP) is 2.50. The summed E-state index contributed by atoms with van der Waals surface area (Å²) in [6.45, 7) is 7.10. The number of aromatic nitrogens is 2. The average molecular weight is 376 g/mol. The first kappa shape index (κ1) is 18.5. The lowest BCUT2D eigenvalue weighted by molar-refractivity contribution is -0.134. The second-order valence-corrected chi connectivity index (χ2v) is 6.86. The maximum absolute atomic E-state index is 12.5. The minimum absolute atomic E-state index is 0.00652. The van der Waals surface area contributed by atoms with Crippen molar-refractivity contribution < 1.29 is 9.53 Å². The van der Waals surface area contributed by atoms with E-state index in [1.807, 2.05) is 32.9 Å². The number of rotatable bonds is 4. The number of ether oxygens (including phenoxy) is 1. The molecule has 0 saturated carbocycles. The summed E-state index contributed by atoms with van der Waals surface area (Å²) in [6.07, 6.45) is 2.07.